The molecule has 1 fully saturated rings. The second kappa shape index (κ2) is 12.4. The van der Waals surface area contributed by atoms with Crippen LogP contribution in [0.25, 0.3) is 0 Å². The zero-order valence-electron chi connectivity index (χ0n) is 20.9. The Morgan fingerprint density at radius 2 is 1.74 bits per heavy atom. The molecule has 38 heavy (non-hydrogen) atoms. The van der Waals surface area contributed by atoms with Crippen LogP contribution in [0, 0.1) is 0 Å². The van der Waals surface area contributed by atoms with E-state index in [4.69, 9.17) is 35.5 Å². The van der Waals surface area contributed by atoms with Crippen LogP contribution in [0.5, 0.6) is 17.2 Å². The van der Waals surface area contributed by atoms with Gasteiger partial charge in [0.15, 0.2) is 17.7 Å². The molecular formula is C23H30N6O9. The van der Waals surface area contributed by atoms with Gasteiger partial charge in [-0.25, -0.2) is 9.78 Å². The second-order valence-corrected chi connectivity index (χ2v) is 8.10. The summed E-state index contributed by atoms with van der Waals surface area (Å²) in [5, 5.41) is 28.1. The van der Waals surface area contributed by atoms with Crippen LogP contribution >= 0.6 is 0 Å². The van der Waals surface area contributed by atoms with Gasteiger partial charge in [0, 0.05) is 30.4 Å². The van der Waals surface area contributed by atoms with Crippen molar-refractivity contribution in [3.63, 3.8) is 0 Å². The highest BCUT2D eigenvalue weighted by molar-refractivity contribution is 5.55. The number of nitrogen functional groups attached to an aromatic ring is 2. The molecule has 1 saturated heterocycles. The molecule has 0 bridgehead atoms. The molecule has 1 aliphatic heterocycles. The van der Waals surface area contributed by atoms with E-state index in [1.165, 1.54) is 0 Å². The van der Waals surface area contributed by atoms with E-state index in [2.05, 4.69) is 9.97 Å². The van der Waals surface area contributed by atoms with Crippen molar-refractivity contribution < 1.29 is 34.3 Å². The molecule has 0 radical (unpaired) electrons. The summed E-state index contributed by atoms with van der Waals surface area (Å²) in [7, 11) is 4.70. The van der Waals surface area contributed by atoms with Gasteiger partial charge in [-0.3, -0.25) is 14.3 Å². The van der Waals surface area contributed by atoms with Gasteiger partial charge in [-0.05, 0) is 17.7 Å². The van der Waals surface area contributed by atoms with Crippen LogP contribution < -0.4 is 36.9 Å². The van der Waals surface area contributed by atoms with Gasteiger partial charge in [0.05, 0.1) is 27.9 Å². The average Bonchev–Trinajstić information content (AvgIpc) is 3.18. The van der Waals surface area contributed by atoms with Crippen LogP contribution in [0.1, 0.15) is 17.4 Å². The molecule has 0 aliphatic carbocycles. The van der Waals surface area contributed by atoms with E-state index in [9.17, 15) is 19.8 Å². The summed E-state index contributed by atoms with van der Waals surface area (Å²) in [6.07, 6.45) is -1.44. The van der Waals surface area contributed by atoms with Crippen molar-refractivity contribution in [2.24, 2.45) is 0 Å². The molecule has 1 aromatic carbocycles. The molecule has 0 unspecified atom stereocenters. The van der Waals surface area contributed by atoms with Crippen molar-refractivity contribution in [3.05, 3.63) is 62.6 Å². The Labute approximate surface area is 216 Å². The van der Waals surface area contributed by atoms with Crippen molar-refractivity contribution >= 4 is 11.8 Å². The Bertz CT molecular complexity index is 1340. The van der Waals surface area contributed by atoms with Crippen molar-refractivity contribution in [2.75, 3.05) is 39.4 Å². The van der Waals surface area contributed by atoms with Crippen molar-refractivity contribution in [2.45, 2.75) is 31.0 Å². The highest BCUT2D eigenvalue weighted by Crippen LogP contribution is 2.38. The Kier molecular flexibility index (Phi) is 9.25. The standard InChI is InChI=1S/C14H18N4O3.C9H12N2O6/c1-19-10-5-8(6-11(20-2)12(10)21-3)4-9-7-17-14(16)18-13(9)15;12-3-4-6(14)7(15)8(17-4)11-2-1-5(13)10-9(11)16/h5-7H,4H2,1-3H3,(H4,15,16,17,18);1-2,4,6-8,12,14-15H,3H2,(H,10,13,16)/t;4-,6-,7-,8-/m.1/s1. The minimum Gasteiger partial charge on any atom is -0.493 e. The Balaban J connectivity index is 0.000000215. The van der Waals surface area contributed by atoms with Gasteiger partial charge in [0.1, 0.15) is 24.1 Å². The van der Waals surface area contributed by atoms with Gasteiger partial charge in [-0.15, -0.1) is 0 Å². The van der Waals surface area contributed by atoms with Gasteiger partial charge in [0.2, 0.25) is 11.7 Å². The zero-order chi connectivity index (χ0) is 28.0. The third kappa shape index (κ3) is 6.20. The first-order valence-corrected chi connectivity index (χ1v) is 11.2. The van der Waals surface area contributed by atoms with E-state index in [1.807, 2.05) is 17.1 Å². The molecule has 8 N–H and O–H groups in total. The van der Waals surface area contributed by atoms with Crippen LogP contribution in [-0.2, 0) is 11.2 Å². The first kappa shape index (κ1) is 28.4. The van der Waals surface area contributed by atoms with Crippen LogP contribution in [0.3, 0.4) is 0 Å². The summed E-state index contributed by atoms with van der Waals surface area (Å²) in [5.74, 6) is 2.23. The fourth-order valence-corrected chi connectivity index (χ4v) is 3.77. The van der Waals surface area contributed by atoms with Crippen LogP contribution in [-0.4, -0.2) is 81.1 Å². The Morgan fingerprint density at radius 1 is 1.08 bits per heavy atom. The summed E-state index contributed by atoms with van der Waals surface area (Å²) >= 11 is 0. The van der Waals surface area contributed by atoms with E-state index in [1.54, 1.807) is 27.5 Å². The van der Waals surface area contributed by atoms with Crippen LogP contribution in [0.4, 0.5) is 11.8 Å². The number of rotatable bonds is 7. The molecule has 4 atom stereocenters. The smallest absolute Gasteiger partial charge is 0.330 e. The first-order valence-electron chi connectivity index (χ1n) is 11.2. The van der Waals surface area contributed by atoms with Crippen LogP contribution in [0.15, 0.2) is 40.2 Å². The summed E-state index contributed by atoms with van der Waals surface area (Å²) in [6.45, 7) is -0.479. The van der Waals surface area contributed by atoms with Crippen LogP contribution in [0.2, 0.25) is 0 Å². The minimum atomic E-state index is -1.35. The number of hydrogen-bond acceptors (Lipinski definition) is 13. The van der Waals surface area contributed by atoms with E-state index in [0.717, 1.165) is 28.0 Å². The Hall–Kier alpha value is -4.18. The number of aliphatic hydroxyl groups excluding tert-OH is 3. The van der Waals surface area contributed by atoms with Crippen molar-refractivity contribution in [1.29, 1.82) is 0 Å². The van der Waals surface area contributed by atoms with Crippen molar-refractivity contribution in [3.8, 4) is 17.2 Å². The monoisotopic (exact) mass is 534 g/mol. The first-order chi connectivity index (χ1) is 18.1. The van der Waals surface area contributed by atoms with Gasteiger partial charge < -0.3 is 45.7 Å². The fraction of sp³-hybridized carbons (Fsp3) is 0.391. The molecule has 2 aromatic heterocycles. The molecule has 15 nitrogen and oxygen atoms in total. The zero-order valence-corrected chi connectivity index (χ0v) is 20.9. The lowest BCUT2D eigenvalue weighted by Crippen LogP contribution is -2.37. The highest BCUT2D eigenvalue weighted by Gasteiger charge is 2.43. The molecular weight excluding hydrogens is 504 g/mol. The highest BCUT2D eigenvalue weighted by atomic mass is 16.6. The topological polar surface area (TPSA) is 230 Å². The lowest BCUT2D eigenvalue weighted by molar-refractivity contribution is -0.0550. The summed E-state index contributed by atoms with van der Waals surface area (Å²) < 4.78 is 22.0. The molecule has 0 amide bonds. The quantitative estimate of drug-likeness (QED) is 0.201. The van der Waals surface area contributed by atoms with E-state index >= 15 is 0 Å². The number of methoxy groups -OCH3 is 3. The molecule has 1 aliphatic rings. The maximum absolute atomic E-state index is 11.4. The van der Waals surface area contributed by atoms with Gasteiger partial charge in [-0.2, -0.15) is 4.98 Å². The number of nitrogens with zero attached hydrogens (tertiary/aromatic N) is 3. The molecule has 15 heteroatoms. The lowest BCUT2D eigenvalue weighted by Gasteiger charge is -2.16. The normalized spacial score (nSPS) is 20.4. The fourth-order valence-electron chi connectivity index (χ4n) is 3.77. The number of benzene rings is 1. The molecule has 206 valence electrons. The predicted octanol–water partition coefficient (Wildman–Crippen LogP) is -1.59. The van der Waals surface area contributed by atoms with E-state index < -0.39 is 42.4 Å². The largest absolute Gasteiger partial charge is 0.493 e. The van der Waals surface area contributed by atoms with Gasteiger partial charge in [0.25, 0.3) is 5.56 Å². The SMILES string of the molecule is COc1cc(Cc2cnc(N)nc2N)cc(OC)c1OC.O=c1ccn([C@@H]2O[C@H](CO)[C@@H](O)[C@H]2O)c(=O)[nH]1. The van der Waals surface area contributed by atoms with Crippen molar-refractivity contribution in [1.82, 2.24) is 19.5 Å². The molecule has 4 rings (SSSR count). The second-order valence-electron chi connectivity index (χ2n) is 8.10. The molecule has 3 heterocycles. The maximum atomic E-state index is 11.4. The molecule has 3 aromatic rings. The number of aliphatic hydroxyl groups is 3. The van der Waals surface area contributed by atoms with E-state index in [0.29, 0.717) is 29.5 Å². The number of ether oxygens (including phenoxy) is 4. The predicted molar refractivity (Wildman–Crippen MR) is 134 cm³/mol. The number of nitrogens with one attached hydrogen (secondary N) is 1. The summed E-state index contributed by atoms with van der Waals surface area (Å²) in [6, 6.07) is 4.81. The van der Waals surface area contributed by atoms with Gasteiger partial charge >= 0.3 is 5.69 Å². The number of aromatic nitrogens is 4. The van der Waals surface area contributed by atoms with E-state index in [-0.39, 0.29) is 5.95 Å². The lowest BCUT2D eigenvalue weighted by atomic mass is 10.1. The average molecular weight is 535 g/mol. The summed E-state index contributed by atoms with van der Waals surface area (Å²) in [5.41, 5.74) is 11.7. The number of anilines is 2. The maximum Gasteiger partial charge on any atom is 0.330 e. The number of H-pyrrole nitrogens is 1. The third-order valence-corrected chi connectivity index (χ3v) is 5.68. The minimum absolute atomic E-state index is 0.154. The molecule has 0 spiro atoms. The van der Waals surface area contributed by atoms with Gasteiger partial charge in [-0.1, -0.05) is 0 Å². The molecule has 0 saturated carbocycles. The number of nitrogens with two attached hydrogens (primary N) is 2. The third-order valence-electron chi connectivity index (χ3n) is 5.68. The number of aromatic amines is 1. The number of hydrogen-bond donors (Lipinski definition) is 6. The summed E-state index contributed by atoms with van der Waals surface area (Å²) in [4.78, 5) is 32.2. The Morgan fingerprint density at radius 3 is 2.24 bits per heavy atom.